The minimum absolute atomic E-state index is 0.0465. The summed E-state index contributed by atoms with van der Waals surface area (Å²) in [5.74, 6) is -4.96. The number of hydrogen-bond acceptors (Lipinski definition) is 14. The standard InChI is InChI=1S/C26H32O14/c1-10-17-18(23(19(10)31)39-16(30)6-4-11-3-5-13(28)14(29)7-11)12(24(35)36-2)9-37-25(17)40-26-22(34)21(33)20(32)15(8-27)38-26/h3-7,9-10,15,17-23,25-29,31-34H,8H2,1-2H3/b6-4+/t10-,15-,17-,18-,19-,20-,21+,22-,23+,25+,26+/m1/s1. The van der Waals surface area contributed by atoms with Gasteiger partial charge in [-0.1, -0.05) is 13.0 Å². The Labute approximate surface area is 228 Å². The number of benzene rings is 1. The molecule has 1 saturated heterocycles. The van der Waals surface area contributed by atoms with E-state index in [0.717, 1.165) is 19.4 Å². The number of carbonyl (C=O) groups excluding carboxylic acids is 2. The molecule has 0 bridgehead atoms. The Balaban J connectivity index is 1.57. The summed E-state index contributed by atoms with van der Waals surface area (Å²) in [6.45, 7) is 0.928. The molecule has 0 aromatic heterocycles. The van der Waals surface area contributed by atoms with Gasteiger partial charge in [0.15, 0.2) is 17.8 Å². The van der Waals surface area contributed by atoms with Gasteiger partial charge >= 0.3 is 11.9 Å². The van der Waals surface area contributed by atoms with Gasteiger partial charge in [0.05, 0.1) is 31.7 Å². The Kier molecular flexibility index (Phi) is 8.99. The van der Waals surface area contributed by atoms with Crippen molar-refractivity contribution in [2.75, 3.05) is 13.7 Å². The fourth-order valence-electron chi connectivity index (χ4n) is 5.26. The smallest absolute Gasteiger partial charge is 0.337 e. The topological polar surface area (TPSA) is 222 Å². The third kappa shape index (κ3) is 5.65. The molecular formula is C26H32O14. The zero-order valence-electron chi connectivity index (χ0n) is 21.5. The summed E-state index contributed by atoms with van der Waals surface area (Å²) in [5.41, 5.74) is 0.328. The van der Waals surface area contributed by atoms with Gasteiger partial charge in [-0.15, -0.1) is 0 Å². The minimum Gasteiger partial charge on any atom is -0.504 e. The molecule has 0 amide bonds. The van der Waals surface area contributed by atoms with E-state index in [1.165, 1.54) is 24.3 Å². The van der Waals surface area contributed by atoms with Crippen LogP contribution in [0.4, 0.5) is 0 Å². The van der Waals surface area contributed by atoms with E-state index < -0.39 is 85.5 Å². The molecule has 1 aliphatic carbocycles. The van der Waals surface area contributed by atoms with Gasteiger partial charge in [-0.3, -0.25) is 0 Å². The number of aliphatic hydroxyl groups is 5. The van der Waals surface area contributed by atoms with E-state index in [1.54, 1.807) is 6.92 Å². The van der Waals surface area contributed by atoms with Gasteiger partial charge in [0.2, 0.25) is 6.29 Å². The number of esters is 2. The molecule has 14 nitrogen and oxygen atoms in total. The lowest BCUT2D eigenvalue weighted by Crippen LogP contribution is -2.60. The van der Waals surface area contributed by atoms with Crippen LogP contribution < -0.4 is 0 Å². The number of aromatic hydroxyl groups is 2. The van der Waals surface area contributed by atoms with Crippen LogP contribution in [0, 0.1) is 17.8 Å². The molecule has 11 atom stereocenters. The van der Waals surface area contributed by atoms with Gasteiger partial charge in [0, 0.05) is 17.9 Å². The second kappa shape index (κ2) is 12.1. The molecular weight excluding hydrogens is 536 g/mol. The number of aliphatic hydroxyl groups excluding tert-OH is 5. The van der Waals surface area contributed by atoms with Crippen molar-refractivity contribution >= 4 is 18.0 Å². The third-order valence-electron chi connectivity index (χ3n) is 7.45. The summed E-state index contributed by atoms with van der Waals surface area (Å²) >= 11 is 0. The highest BCUT2D eigenvalue weighted by molar-refractivity contribution is 5.90. The van der Waals surface area contributed by atoms with Crippen LogP contribution >= 0.6 is 0 Å². The number of carbonyl (C=O) groups is 2. The monoisotopic (exact) mass is 568 g/mol. The number of phenols is 2. The van der Waals surface area contributed by atoms with Crippen molar-refractivity contribution < 1.29 is 69.0 Å². The lowest BCUT2D eigenvalue weighted by atomic mass is 9.82. The largest absolute Gasteiger partial charge is 0.504 e. The van der Waals surface area contributed by atoms with Crippen LogP contribution in [0.2, 0.25) is 0 Å². The Morgan fingerprint density at radius 2 is 1.73 bits per heavy atom. The van der Waals surface area contributed by atoms with Crippen molar-refractivity contribution in [3.63, 3.8) is 0 Å². The van der Waals surface area contributed by atoms with E-state index in [0.29, 0.717) is 5.56 Å². The van der Waals surface area contributed by atoms with Crippen molar-refractivity contribution in [2.24, 2.45) is 17.8 Å². The van der Waals surface area contributed by atoms with Crippen molar-refractivity contribution in [3.8, 4) is 11.5 Å². The lowest BCUT2D eigenvalue weighted by molar-refractivity contribution is -0.343. The average molecular weight is 569 g/mol. The lowest BCUT2D eigenvalue weighted by Gasteiger charge is -2.43. The van der Waals surface area contributed by atoms with Crippen LogP contribution in [0.5, 0.6) is 11.5 Å². The molecule has 1 aromatic rings. The van der Waals surface area contributed by atoms with Gasteiger partial charge in [0.1, 0.15) is 30.5 Å². The molecule has 2 aliphatic heterocycles. The van der Waals surface area contributed by atoms with Gasteiger partial charge in [-0.2, -0.15) is 0 Å². The number of fused-ring (bicyclic) bond motifs is 1. The van der Waals surface area contributed by atoms with Crippen LogP contribution in [0.3, 0.4) is 0 Å². The van der Waals surface area contributed by atoms with Crippen LogP contribution in [-0.4, -0.2) is 111 Å². The summed E-state index contributed by atoms with van der Waals surface area (Å²) in [4.78, 5) is 25.3. The molecule has 2 heterocycles. The molecule has 0 unspecified atom stereocenters. The molecule has 1 saturated carbocycles. The molecule has 0 radical (unpaired) electrons. The number of hydrogen-bond donors (Lipinski definition) is 7. The van der Waals surface area contributed by atoms with Crippen molar-refractivity contribution in [1.29, 1.82) is 0 Å². The fraction of sp³-hybridized carbons (Fsp3) is 0.538. The highest BCUT2D eigenvalue weighted by Gasteiger charge is 2.59. The van der Waals surface area contributed by atoms with Gasteiger partial charge in [0.25, 0.3) is 0 Å². The minimum atomic E-state index is -1.73. The maximum absolute atomic E-state index is 12.7. The molecule has 2 fully saturated rings. The van der Waals surface area contributed by atoms with Crippen molar-refractivity contribution in [3.05, 3.63) is 41.7 Å². The van der Waals surface area contributed by atoms with E-state index >= 15 is 0 Å². The summed E-state index contributed by atoms with van der Waals surface area (Å²) in [5, 5.41) is 70.2. The number of methoxy groups -OCH3 is 1. The predicted octanol–water partition coefficient (Wildman–Crippen LogP) is -1.50. The maximum Gasteiger partial charge on any atom is 0.337 e. The molecule has 40 heavy (non-hydrogen) atoms. The predicted molar refractivity (Wildman–Crippen MR) is 131 cm³/mol. The highest BCUT2D eigenvalue weighted by atomic mass is 16.8. The average Bonchev–Trinajstić information content (AvgIpc) is 3.19. The second-order valence-electron chi connectivity index (χ2n) is 9.84. The van der Waals surface area contributed by atoms with E-state index in [4.69, 9.17) is 23.7 Å². The van der Waals surface area contributed by atoms with E-state index in [-0.39, 0.29) is 17.1 Å². The first-order valence-electron chi connectivity index (χ1n) is 12.5. The summed E-state index contributed by atoms with van der Waals surface area (Å²) < 4.78 is 27.2. The van der Waals surface area contributed by atoms with E-state index in [9.17, 15) is 45.3 Å². The maximum atomic E-state index is 12.7. The van der Waals surface area contributed by atoms with Crippen LogP contribution in [-0.2, 0) is 33.3 Å². The third-order valence-corrected chi connectivity index (χ3v) is 7.45. The van der Waals surface area contributed by atoms with E-state index in [1.807, 2.05) is 0 Å². The first-order valence-corrected chi connectivity index (χ1v) is 12.5. The van der Waals surface area contributed by atoms with E-state index in [2.05, 4.69) is 0 Å². The molecule has 3 aliphatic rings. The van der Waals surface area contributed by atoms with Crippen LogP contribution in [0.15, 0.2) is 36.1 Å². The van der Waals surface area contributed by atoms with Crippen LogP contribution in [0.1, 0.15) is 12.5 Å². The van der Waals surface area contributed by atoms with Crippen molar-refractivity contribution in [1.82, 2.24) is 0 Å². The number of phenolic OH excluding ortho intramolecular Hbond substituents is 2. The summed E-state index contributed by atoms with van der Waals surface area (Å²) in [6, 6.07) is 3.90. The van der Waals surface area contributed by atoms with Crippen molar-refractivity contribution in [2.45, 2.75) is 56.1 Å². The fourth-order valence-corrected chi connectivity index (χ4v) is 5.26. The first kappa shape index (κ1) is 29.7. The molecule has 7 N–H and O–H groups in total. The quantitative estimate of drug-likeness (QED) is 0.113. The Hall–Kier alpha value is -3.24. The number of ether oxygens (including phenoxy) is 5. The zero-order valence-corrected chi connectivity index (χ0v) is 21.5. The molecule has 4 rings (SSSR count). The highest BCUT2D eigenvalue weighted by Crippen LogP contribution is 2.49. The zero-order chi connectivity index (χ0) is 29.3. The SMILES string of the molecule is COC(=O)C1=CO[C@@H](O[C@@H]2O[C@H](CO)[C@@H](O)[C@H](O)[C@H]2O)[C@@H]2[C@@H](C)[C@@H](O)[C@@H](OC(=O)/C=C/c3ccc(O)c(O)c3)[C@H]12. The van der Waals surface area contributed by atoms with Gasteiger partial charge in [-0.25, -0.2) is 9.59 Å². The van der Waals surface area contributed by atoms with Crippen LogP contribution in [0.25, 0.3) is 6.08 Å². The normalized spacial score (nSPS) is 37.4. The van der Waals surface area contributed by atoms with Gasteiger partial charge < -0.3 is 59.4 Å². The molecule has 1 aromatic carbocycles. The second-order valence-corrected chi connectivity index (χ2v) is 9.84. The van der Waals surface area contributed by atoms with Gasteiger partial charge in [-0.05, 0) is 29.7 Å². The molecule has 220 valence electrons. The summed E-state index contributed by atoms with van der Waals surface area (Å²) in [6.07, 6.45) is -8.33. The summed E-state index contributed by atoms with van der Waals surface area (Å²) in [7, 11) is 1.14. The molecule has 14 heteroatoms. The first-order chi connectivity index (χ1) is 19.0. The number of rotatable bonds is 7. The Bertz CT molecular complexity index is 1150. The Morgan fingerprint density at radius 1 is 1.00 bits per heavy atom. The molecule has 0 spiro atoms. The Morgan fingerprint density at radius 3 is 2.38 bits per heavy atom.